The molecule has 31 heavy (non-hydrogen) atoms. The van der Waals surface area contributed by atoms with Crippen molar-refractivity contribution in [1.29, 1.82) is 0 Å². The van der Waals surface area contributed by atoms with Gasteiger partial charge >= 0.3 is 5.97 Å². The van der Waals surface area contributed by atoms with Crippen LogP contribution in [0.2, 0.25) is 0 Å². The number of aromatic carboxylic acids is 1. The molecule has 0 unspecified atom stereocenters. The zero-order valence-electron chi connectivity index (χ0n) is 16.0. The first-order valence-corrected chi connectivity index (χ1v) is 9.49. The largest absolute Gasteiger partial charge is 0.491 e. The van der Waals surface area contributed by atoms with E-state index < -0.39 is 17.6 Å². The van der Waals surface area contributed by atoms with Crippen LogP contribution < -0.4 is 9.64 Å². The average Bonchev–Trinajstić information content (AvgIpc) is 3.05. The summed E-state index contributed by atoms with van der Waals surface area (Å²) in [6.45, 7) is 0.905. The molecule has 1 N–H and O–H groups in total. The van der Waals surface area contributed by atoms with Crippen molar-refractivity contribution in [2.45, 2.75) is 6.42 Å². The van der Waals surface area contributed by atoms with E-state index in [1.807, 2.05) is 0 Å². The van der Waals surface area contributed by atoms with E-state index in [0.717, 1.165) is 0 Å². The van der Waals surface area contributed by atoms with E-state index >= 15 is 0 Å². The van der Waals surface area contributed by atoms with E-state index in [9.17, 15) is 18.7 Å². The highest BCUT2D eigenvalue weighted by atomic mass is 19.1. The van der Waals surface area contributed by atoms with Gasteiger partial charge in [0.2, 0.25) is 5.89 Å². The van der Waals surface area contributed by atoms with Gasteiger partial charge in [-0.1, -0.05) is 0 Å². The minimum atomic E-state index is -1.21. The molecule has 0 aliphatic carbocycles. The number of carbonyl (C=O) groups is 1. The van der Waals surface area contributed by atoms with E-state index in [1.54, 1.807) is 4.90 Å². The number of halogens is 2. The molecule has 2 aromatic heterocycles. The van der Waals surface area contributed by atoms with Crippen molar-refractivity contribution >= 4 is 28.6 Å². The van der Waals surface area contributed by atoms with Gasteiger partial charge in [0, 0.05) is 24.9 Å². The summed E-state index contributed by atoms with van der Waals surface area (Å²) in [5, 5.41) is 9.80. The number of nitrogens with zero attached hydrogens (tertiary/aromatic N) is 3. The maximum Gasteiger partial charge on any atom is 0.336 e. The molecule has 5 rings (SSSR count). The number of hydrogen-bond acceptors (Lipinski definition) is 6. The Morgan fingerprint density at radius 1 is 1.10 bits per heavy atom. The summed E-state index contributed by atoms with van der Waals surface area (Å²) >= 11 is 0. The number of anilines is 2. The summed E-state index contributed by atoms with van der Waals surface area (Å²) in [4.78, 5) is 22.4. The first kappa shape index (κ1) is 19.0. The lowest BCUT2D eigenvalue weighted by molar-refractivity contribution is 0.0697. The third-order valence-corrected chi connectivity index (χ3v) is 4.97. The van der Waals surface area contributed by atoms with Gasteiger partial charge in [0.05, 0.1) is 23.4 Å². The Morgan fingerprint density at radius 2 is 1.90 bits per heavy atom. The number of carboxylic acids is 1. The zero-order valence-corrected chi connectivity index (χ0v) is 16.0. The predicted octanol–water partition coefficient (Wildman–Crippen LogP) is 4.79. The molecule has 0 spiro atoms. The monoisotopic (exact) mass is 423 g/mol. The Bertz CT molecular complexity index is 1320. The van der Waals surface area contributed by atoms with Crippen LogP contribution in [0.3, 0.4) is 0 Å². The molecular formula is C22H15F2N3O4. The molecule has 0 radical (unpaired) electrons. The molecule has 2 aromatic carbocycles. The van der Waals surface area contributed by atoms with Crippen molar-refractivity contribution in [3.05, 3.63) is 65.9 Å². The van der Waals surface area contributed by atoms with E-state index in [4.69, 9.17) is 9.15 Å². The standard InChI is InChI=1S/C22H15F2N3O4/c23-12-3-5-18-17(8-12)27(6-1-7-30-18)20-10-14(22(28)29)15(11-25-20)21-26-16-4-2-13(24)9-19(16)31-21/h2-5,8-11H,1,6-7H2,(H,28,29). The smallest absolute Gasteiger partial charge is 0.336 e. The van der Waals surface area contributed by atoms with Gasteiger partial charge in [-0.25, -0.2) is 23.5 Å². The number of benzene rings is 2. The first-order valence-electron chi connectivity index (χ1n) is 9.49. The Hall–Kier alpha value is -4.01. The molecule has 4 aromatic rings. The Morgan fingerprint density at radius 3 is 2.74 bits per heavy atom. The fourth-order valence-electron chi connectivity index (χ4n) is 3.54. The Kier molecular flexibility index (Phi) is 4.50. The highest BCUT2D eigenvalue weighted by molar-refractivity contribution is 5.96. The molecule has 3 heterocycles. The lowest BCUT2D eigenvalue weighted by Crippen LogP contribution is -2.20. The van der Waals surface area contributed by atoms with Gasteiger partial charge in [0.1, 0.15) is 28.7 Å². The summed E-state index contributed by atoms with van der Waals surface area (Å²) in [5.41, 5.74) is 1.11. The highest BCUT2D eigenvalue weighted by Crippen LogP contribution is 2.37. The molecule has 0 saturated carbocycles. The summed E-state index contributed by atoms with van der Waals surface area (Å²) in [6.07, 6.45) is 1.98. The van der Waals surface area contributed by atoms with E-state index in [1.165, 1.54) is 48.7 Å². The number of fused-ring (bicyclic) bond motifs is 2. The van der Waals surface area contributed by atoms with E-state index in [2.05, 4.69) is 9.97 Å². The predicted molar refractivity (Wildman–Crippen MR) is 108 cm³/mol. The number of rotatable bonds is 3. The number of hydrogen-bond donors (Lipinski definition) is 1. The van der Waals surface area contributed by atoms with Crippen molar-refractivity contribution < 1.29 is 27.8 Å². The molecule has 0 bridgehead atoms. The Labute approximate surface area is 174 Å². The molecule has 9 heteroatoms. The van der Waals surface area contributed by atoms with Crippen LogP contribution >= 0.6 is 0 Å². The molecule has 0 atom stereocenters. The normalized spacial score (nSPS) is 13.5. The third kappa shape index (κ3) is 3.43. The fraction of sp³-hybridized carbons (Fsp3) is 0.136. The third-order valence-electron chi connectivity index (χ3n) is 4.97. The number of oxazole rings is 1. The minimum absolute atomic E-state index is 0.0164. The van der Waals surface area contributed by atoms with Crippen LogP contribution in [-0.4, -0.2) is 34.2 Å². The molecule has 1 aliphatic rings. The second-order valence-electron chi connectivity index (χ2n) is 6.99. The molecule has 1 aliphatic heterocycles. The van der Waals surface area contributed by atoms with E-state index in [0.29, 0.717) is 42.3 Å². The quantitative estimate of drug-likeness (QED) is 0.507. The molecule has 0 fully saturated rings. The molecule has 0 amide bonds. The van der Waals surface area contributed by atoms with Gasteiger partial charge in [-0.15, -0.1) is 0 Å². The summed E-state index contributed by atoms with van der Waals surface area (Å²) in [5.74, 6) is -1.32. The van der Waals surface area contributed by atoms with Crippen LogP contribution in [0.5, 0.6) is 5.75 Å². The van der Waals surface area contributed by atoms with Crippen LogP contribution in [0.25, 0.3) is 22.6 Å². The number of ether oxygens (including phenoxy) is 1. The van der Waals surface area contributed by atoms with Crippen molar-refractivity contribution in [2.75, 3.05) is 18.1 Å². The van der Waals surface area contributed by atoms with Crippen molar-refractivity contribution in [3.63, 3.8) is 0 Å². The second-order valence-corrected chi connectivity index (χ2v) is 6.99. The zero-order chi connectivity index (χ0) is 21.5. The number of pyridine rings is 1. The van der Waals surface area contributed by atoms with Crippen LogP contribution in [0.15, 0.2) is 53.1 Å². The van der Waals surface area contributed by atoms with Gasteiger partial charge in [-0.2, -0.15) is 0 Å². The lowest BCUT2D eigenvalue weighted by atomic mass is 10.1. The SMILES string of the molecule is O=C(O)c1cc(N2CCCOc3ccc(F)cc32)ncc1-c1nc2ccc(F)cc2o1. The van der Waals surface area contributed by atoms with Gasteiger partial charge < -0.3 is 19.2 Å². The fourth-order valence-corrected chi connectivity index (χ4v) is 3.54. The maximum atomic E-state index is 13.9. The summed E-state index contributed by atoms with van der Waals surface area (Å²) in [7, 11) is 0. The molecule has 156 valence electrons. The average molecular weight is 423 g/mol. The van der Waals surface area contributed by atoms with Gasteiger partial charge in [-0.3, -0.25) is 0 Å². The summed E-state index contributed by atoms with van der Waals surface area (Å²) in [6, 6.07) is 9.41. The van der Waals surface area contributed by atoms with Gasteiger partial charge in [0.15, 0.2) is 5.58 Å². The molecule has 7 nitrogen and oxygen atoms in total. The second kappa shape index (κ2) is 7.35. The van der Waals surface area contributed by atoms with Crippen LogP contribution in [0.4, 0.5) is 20.3 Å². The number of aromatic nitrogens is 2. The minimum Gasteiger partial charge on any atom is -0.491 e. The summed E-state index contributed by atoms with van der Waals surface area (Å²) < 4.78 is 38.6. The molecule has 0 saturated heterocycles. The Balaban J connectivity index is 1.62. The van der Waals surface area contributed by atoms with Gasteiger partial charge in [-0.05, 0) is 36.8 Å². The van der Waals surface area contributed by atoms with Gasteiger partial charge in [0.25, 0.3) is 0 Å². The number of carboxylic acid groups (broad SMARTS) is 1. The van der Waals surface area contributed by atoms with Crippen LogP contribution in [0.1, 0.15) is 16.8 Å². The van der Waals surface area contributed by atoms with E-state index in [-0.39, 0.29) is 22.6 Å². The maximum absolute atomic E-state index is 13.9. The van der Waals surface area contributed by atoms with Crippen LogP contribution in [-0.2, 0) is 0 Å². The highest BCUT2D eigenvalue weighted by Gasteiger charge is 2.24. The topological polar surface area (TPSA) is 88.7 Å². The van der Waals surface area contributed by atoms with Crippen molar-refractivity contribution in [3.8, 4) is 17.2 Å². The lowest BCUT2D eigenvalue weighted by Gasteiger charge is -2.23. The first-order chi connectivity index (χ1) is 15.0. The van der Waals surface area contributed by atoms with Crippen molar-refractivity contribution in [1.82, 2.24) is 9.97 Å². The molecular weight excluding hydrogens is 408 g/mol. The van der Waals surface area contributed by atoms with Crippen LogP contribution in [0, 0.1) is 11.6 Å². The van der Waals surface area contributed by atoms with Crippen molar-refractivity contribution in [2.24, 2.45) is 0 Å².